The predicted molar refractivity (Wildman–Crippen MR) is 93.4 cm³/mol. The fraction of sp³-hybridized carbons (Fsp3) is 0.125. The summed E-state index contributed by atoms with van der Waals surface area (Å²) in [4.78, 5) is 11.7. The zero-order chi connectivity index (χ0) is 16.7. The number of nitrogens with one attached hydrogen (secondary N) is 1. The van der Waals surface area contributed by atoms with Crippen molar-refractivity contribution in [3.05, 3.63) is 57.5 Å². The molecule has 0 saturated carbocycles. The van der Waals surface area contributed by atoms with Crippen LogP contribution >= 0.6 is 27.5 Å². The predicted octanol–water partition coefficient (Wildman–Crippen LogP) is 3.64. The Hall–Kier alpha value is -2.05. The van der Waals surface area contributed by atoms with E-state index in [0.717, 1.165) is 10.0 Å². The SMILES string of the molecule is COc1cc(Br)ccc1OCC(=O)NN=Cc1ccc(Cl)cc1. The van der Waals surface area contributed by atoms with Gasteiger partial charge in [0.25, 0.3) is 5.91 Å². The molecule has 1 N–H and O–H groups in total. The van der Waals surface area contributed by atoms with E-state index in [1.54, 1.807) is 42.5 Å². The fourth-order valence-electron chi connectivity index (χ4n) is 1.66. The van der Waals surface area contributed by atoms with Gasteiger partial charge in [0.2, 0.25) is 0 Å². The molecule has 120 valence electrons. The van der Waals surface area contributed by atoms with Gasteiger partial charge in [-0.25, -0.2) is 5.43 Å². The Morgan fingerprint density at radius 1 is 1.26 bits per heavy atom. The highest BCUT2D eigenvalue weighted by atomic mass is 79.9. The van der Waals surface area contributed by atoms with Crippen molar-refractivity contribution in [2.24, 2.45) is 5.10 Å². The standard InChI is InChI=1S/C16H14BrClN2O3/c1-22-15-8-12(17)4-7-14(15)23-10-16(21)20-19-9-11-2-5-13(18)6-3-11/h2-9H,10H2,1H3,(H,20,21). The summed E-state index contributed by atoms with van der Waals surface area (Å²) in [5.74, 6) is 0.643. The fourth-order valence-corrected chi connectivity index (χ4v) is 2.13. The van der Waals surface area contributed by atoms with Gasteiger partial charge in [0.15, 0.2) is 18.1 Å². The van der Waals surface area contributed by atoms with Crippen LogP contribution in [0.3, 0.4) is 0 Å². The molecule has 7 heteroatoms. The number of rotatable bonds is 6. The molecule has 0 aliphatic carbocycles. The largest absolute Gasteiger partial charge is 0.493 e. The van der Waals surface area contributed by atoms with Crippen LogP contribution in [0.15, 0.2) is 52.0 Å². The van der Waals surface area contributed by atoms with Gasteiger partial charge < -0.3 is 9.47 Å². The molecule has 0 fully saturated rings. The van der Waals surface area contributed by atoms with Gasteiger partial charge in [-0.1, -0.05) is 39.7 Å². The van der Waals surface area contributed by atoms with E-state index in [2.05, 4.69) is 26.5 Å². The summed E-state index contributed by atoms with van der Waals surface area (Å²) in [6.07, 6.45) is 1.52. The third kappa shape index (κ3) is 5.58. The molecule has 0 bridgehead atoms. The summed E-state index contributed by atoms with van der Waals surface area (Å²) in [6.45, 7) is -0.171. The van der Waals surface area contributed by atoms with Crippen LogP contribution in [0.1, 0.15) is 5.56 Å². The smallest absolute Gasteiger partial charge is 0.277 e. The molecule has 0 unspecified atom stereocenters. The normalized spacial score (nSPS) is 10.6. The second-order valence-electron chi connectivity index (χ2n) is 4.43. The number of hydrogen-bond donors (Lipinski definition) is 1. The number of hydrogen-bond acceptors (Lipinski definition) is 4. The topological polar surface area (TPSA) is 59.9 Å². The Labute approximate surface area is 147 Å². The van der Waals surface area contributed by atoms with Crippen molar-refractivity contribution in [3.8, 4) is 11.5 Å². The van der Waals surface area contributed by atoms with Gasteiger partial charge in [-0.15, -0.1) is 0 Å². The van der Waals surface area contributed by atoms with Gasteiger partial charge >= 0.3 is 0 Å². The van der Waals surface area contributed by atoms with Crippen molar-refractivity contribution in [2.75, 3.05) is 13.7 Å². The molecule has 0 atom stereocenters. The molecule has 0 aliphatic rings. The van der Waals surface area contributed by atoms with Gasteiger partial charge in [0.05, 0.1) is 13.3 Å². The van der Waals surface area contributed by atoms with E-state index < -0.39 is 0 Å². The average molecular weight is 398 g/mol. The van der Waals surface area contributed by atoms with Crippen LogP contribution in [-0.4, -0.2) is 25.8 Å². The van der Waals surface area contributed by atoms with E-state index in [4.69, 9.17) is 21.1 Å². The number of methoxy groups -OCH3 is 1. The minimum absolute atomic E-state index is 0.171. The molecule has 0 radical (unpaired) electrons. The molecule has 0 saturated heterocycles. The third-order valence-corrected chi connectivity index (χ3v) is 3.50. The average Bonchev–Trinajstić information content (AvgIpc) is 2.55. The van der Waals surface area contributed by atoms with Crippen molar-refractivity contribution < 1.29 is 14.3 Å². The first-order valence-corrected chi connectivity index (χ1v) is 7.79. The van der Waals surface area contributed by atoms with E-state index in [1.165, 1.54) is 13.3 Å². The quantitative estimate of drug-likeness (QED) is 0.598. The number of benzene rings is 2. The van der Waals surface area contributed by atoms with Gasteiger partial charge in [0, 0.05) is 9.50 Å². The number of amides is 1. The number of ether oxygens (including phenoxy) is 2. The van der Waals surface area contributed by atoms with Gasteiger partial charge in [-0.05, 0) is 35.9 Å². The van der Waals surface area contributed by atoms with Crippen LogP contribution in [0.2, 0.25) is 5.02 Å². The molecule has 0 aromatic heterocycles. The Kier molecular flexibility index (Phi) is 6.43. The molecular weight excluding hydrogens is 384 g/mol. The summed E-state index contributed by atoms with van der Waals surface area (Å²) < 4.78 is 11.5. The molecule has 0 spiro atoms. The molecule has 1 amide bonds. The number of carbonyl (C=O) groups is 1. The lowest BCUT2D eigenvalue weighted by molar-refractivity contribution is -0.123. The van der Waals surface area contributed by atoms with Gasteiger partial charge in [-0.3, -0.25) is 4.79 Å². The molecule has 2 aromatic rings. The lowest BCUT2D eigenvalue weighted by Crippen LogP contribution is -2.24. The number of halogens is 2. The molecule has 5 nitrogen and oxygen atoms in total. The van der Waals surface area contributed by atoms with Crippen LogP contribution in [0, 0.1) is 0 Å². The number of nitrogens with zero attached hydrogens (tertiary/aromatic N) is 1. The molecule has 2 aromatic carbocycles. The Morgan fingerprint density at radius 2 is 2.00 bits per heavy atom. The van der Waals surface area contributed by atoms with E-state index in [-0.39, 0.29) is 12.5 Å². The van der Waals surface area contributed by atoms with Crippen LogP contribution in [0.5, 0.6) is 11.5 Å². The molecule has 0 heterocycles. The molecule has 0 aliphatic heterocycles. The van der Waals surface area contributed by atoms with Crippen LogP contribution in [0.4, 0.5) is 0 Å². The number of hydrazone groups is 1. The number of carbonyl (C=O) groups excluding carboxylic acids is 1. The second kappa shape index (κ2) is 8.55. The molecule has 2 rings (SSSR count). The van der Waals surface area contributed by atoms with E-state index in [1.807, 2.05) is 0 Å². The van der Waals surface area contributed by atoms with Crippen molar-refractivity contribution in [1.29, 1.82) is 0 Å². The first kappa shape index (κ1) is 17.3. The Balaban J connectivity index is 1.84. The van der Waals surface area contributed by atoms with E-state index in [0.29, 0.717) is 16.5 Å². The van der Waals surface area contributed by atoms with E-state index in [9.17, 15) is 4.79 Å². The van der Waals surface area contributed by atoms with Crippen molar-refractivity contribution in [2.45, 2.75) is 0 Å². The summed E-state index contributed by atoms with van der Waals surface area (Å²) in [6, 6.07) is 12.3. The Bertz CT molecular complexity index is 705. The highest BCUT2D eigenvalue weighted by Gasteiger charge is 2.07. The van der Waals surface area contributed by atoms with Crippen LogP contribution < -0.4 is 14.9 Å². The summed E-state index contributed by atoms with van der Waals surface area (Å²) >= 11 is 9.12. The van der Waals surface area contributed by atoms with Gasteiger partial charge in [-0.2, -0.15) is 5.10 Å². The minimum atomic E-state index is -0.375. The summed E-state index contributed by atoms with van der Waals surface area (Å²) in [7, 11) is 1.53. The maximum absolute atomic E-state index is 11.7. The highest BCUT2D eigenvalue weighted by Crippen LogP contribution is 2.29. The lowest BCUT2D eigenvalue weighted by atomic mass is 10.2. The maximum Gasteiger partial charge on any atom is 0.277 e. The summed E-state index contributed by atoms with van der Waals surface area (Å²) in [5.41, 5.74) is 3.21. The van der Waals surface area contributed by atoms with Crippen LogP contribution in [0.25, 0.3) is 0 Å². The third-order valence-electron chi connectivity index (χ3n) is 2.76. The second-order valence-corrected chi connectivity index (χ2v) is 5.78. The van der Waals surface area contributed by atoms with Crippen LogP contribution in [-0.2, 0) is 4.79 Å². The summed E-state index contributed by atoms with van der Waals surface area (Å²) in [5, 5.41) is 4.50. The lowest BCUT2D eigenvalue weighted by Gasteiger charge is -2.10. The Morgan fingerprint density at radius 3 is 2.70 bits per heavy atom. The highest BCUT2D eigenvalue weighted by molar-refractivity contribution is 9.10. The first-order chi connectivity index (χ1) is 11.1. The minimum Gasteiger partial charge on any atom is -0.493 e. The van der Waals surface area contributed by atoms with Crippen molar-refractivity contribution in [1.82, 2.24) is 5.43 Å². The monoisotopic (exact) mass is 396 g/mol. The molecule has 23 heavy (non-hydrogen) atoms. The maximum atomic E-state index is 11.7. The van der Waals surface area contributed by atoms with Crippen molar-refractivity contribution in [3.63, 3.8) is 0 Å². The van der Waals surface area contributed by atoms with Gasteiger partial charge in [0.1, 0.15) is 0 Å². The van der Waals surface area contributed by atoms with Crippen molar-refractivity contribution >= 4 is 39.7 Å². The van der Waals surface area contributed by atoms with E-state index >= 15 is 0 Å². The molecular formula is C16H14BrClN2O3. The first-order valence-electron chi connectivity index (χ1n) is 6.62. The zero-order valence-corrected chi connectivity index (χ0v) is 14.6. The zero-order valence-electron chi connectivity index (χ0n) is 12.3.